The summed E-state index contributed by atoms with van der Waals surface area (Å²) in [6.45, 7) is 4.25. The maximum atomic E-state index is 13.6. The first-order chi connectivity index (χ1) is 17.8. The van der Waals surface area contributed by atoms with Gasteiger partial charge in [0.1, 0.15) is 13.1 Å². The molecule has 6 rings (SSSR count). The van der Waals surface area contributed by atoms with E-state index in [1.54, 1.807) is 0 Å². The molecule has 192 valence electrons. The highest BCUT2D eigenvalue weighted by Crippen LogP contribution is 2.41. The van der Waals surface area contributed by atoms with Gasteiger partial charge in [-0.2, -0.15) is 0 Å². The van der Waals surface area contributed by atoms with E-state index in [4.69, 9.17) is 4.74 Å². The van der Waals surface area contributed by atoms with Crippen LogP contribution in [0.1, 0.15) is 41.7 Å². The number of benzene rings is 3. The highest BCUT2D eigenvalue weighted by Gasteiger charge is 2.53. The number of para-hydroxylation sites is 1. The second-order valence-electron chi connectivity index (χ2n) is 10.3. The summed E-state index contributed by atoms with van der Waals surface area (Å²) in [6, 6.07) is 24.9. The fourth-order valence-electron chi connectivity index (χ4n) is 5.90. The molecular weight excluding hydrogens is 596 g/mol. The Kier molecular flexibility index (Phi) is 7.84. The molecule has 0 saturated carbocycles. The molecule has 3 fully saturated rings. The van der Waals surface area contributed by atoms with Crippen LogP contribution in [0.25, 0.3) is 0 Å². The van der Waals surface area contributed by atoms with Crippen LogP contribution in [-0.2, 0) is 9.53 Å². The summed E-state index contributed by atoms with van der Waals surface area (Å²) in [7, 11) is 0. The van der Waals surface area contributed by atoms with Crippen molar-refractivity contribution in [3.8, 4) is 0 Å². The van der Waals surface area contributed by atoms with Crippen LogP contribution >= 0.6 is 31.9 Å². The van der Waals surface area contributed by atoms with E-state index in [9.17, 15) is 9.59 Å². The summed E-state index contributed by atoms with van der Waals surface area (Å²) in [6.07, 6.45) is 1.70. The minimum atomic E-state index is -0.606. The van der Waals surface area contributed by atoms with E-state index in [0.29, 0.717) is 35.1 Å². The topological polar surface area (TPSA) is 55.4 Å². The van der Waals surface area contributed by atoms with Crippen molar-refractivity contribution in [2.24, 2.45) is 5.92 Å². The summed E-state index contributed by atoms with van der Waals surface area (Å²) in [5, 5.41) is 3.37. The lowest BCUT2D eigenvalue weighted by molar-refractivity contribution is -0.960. The molecular formula is C30H31Br2N2O3+. The van der Waals surface area contributed by atoms with Crippen molar-refractivity contribution in [2.75, 3.05) is 25.0 Å². The number of ketones is 1. The monoisotopic (exact) mass is 625 g/mol. The SMILES string of the molecule is CC1CC2CC[N+]1(CC(=O)c1ccc(Br)cc1Br)CC2OC(=O)C(Nc1ccccc1)c1ccccc1. The molecule has 3 aliphatic rings. The second-order valence-corrected chi connectivity index (χ2v) is 12.1. The van der Waals surface area contributed by atoms with Gasteiger partial charge >= 0.3 is 5.97 Å². The van der Waals surface area contributed by atoms with Crippen LogP contribution in [0, 0.1) is 5.92 Å². The van der Waals surface area contributed by atoms with Gasteiger partial charge in [0.25, 0.3) is 0 Å². The Morgan fingerprint density at radius 1 is 1.03 bits per heavy atom. The minimum absolute atomic E-state index is 0.115. The predicted octanol–water partition coefficient (Wildman–Crippen LogP) is 6.79. The Labute approximate surface area is 235 Å². The van der Waals surface area contributed by atoms with Crippen molar-refractivity contribution in [3.05, 3.63) is 98.9 Å². The number of piperidine rings is 3. The lowest BCUT2D eigenvalue weighted by Crippen LogP contribution is -2.69. The van der Waals surface area contributed by atoms with E-state index in [2.05, 4.69) is 44.1 Å². The largest absolute Gasteiger partial charge is 0.454 e. The molecule has 37 heavy (non-hydrogen) atoms. The molecule has 3 saturated heterocycles. The first-order valence-corrected chi connectivity index (χ1v) is 14.3. The Balaban J connectivity index is 1.34. The number of carbonyl (C=O) groups is 2. The Morgan fingerprint density at radius 2 is 1.73 bits per heavy atom. The lowest BCUT2D eigenvalue weighted by Gasteiger charge is -2.55. The van der Waals surface area contributed by atoms with E-state index >= 15 is 0 Å². The molecule has 5 unspecified atom stereocenters. The zero-order chi connectivity index (χ0) is 26.0. The van der Waals surface area contributed by atoms with Crippen molar-refractivity contribution >= 4 is 49.3 Å². The molecule has 1 N–H and O–H groups in total. The van der Waals surface area contributed by atoms with Gasteiger partial charge in [-0.25, -0.2) is 4.79 Å². The average Bonchev–Trinajstić information content (AvgIpc) is 2.89. The fraction of sp³-hybridized carbons (Fsp3) is 0.333. The van der Waals surface area contributed by atoms with Crippen LogP contribution in [0.3, 0.4) is 0 Å². The van der Waals surface area contributed by atoms with Crippen molar-refractivity contribution in [1.29, 1.82) is 0 Å². The number of esters is 1. The number of hydrogen-bond acceptors (Lipinski definition) is 4. The van der Waals surface area contributed by atoms with Gasteiger partial charge in [-0.1, -0.05) is 80.4 Å². The quantitative estimate of drug-likeness (QED) is 0.170. The van der Waals surface area contributed by atoms with E-state index < -0.39 is 6.04 Å². The summed E-state index contributed by atoms with van der Waals surface area (Å²) in [5.41, 5.74) is 2.43. The van der Waals surface area contributed by atoms with E-state index in [0.717, 1.165) is 39.6 Å². The first-order valence-electron chi connectivity index (χ1n) is 12.8. The van der Waals surface area contributed by atoms with Gasteiger partial charge in [0.15, 0.2) is 12.1 Å². The molecule has 3 aromatic rings. The van der Waals surface area contributed by atoms with Gasteiger partial charge in [-0.15, -0.1) is 0 Å². The summed E-state index contributed by atoms with van der Waals surface area (Å²) < 4.78 is 8.66. The predicted molar refractivity (Wildman–Crippen MR) is 152 cm³/mol. The van der Waals surface area contributed by atoms with Crippen molar-refractivity contribution in [2.45, 2.75) is 38.0 Å². The zero-order valence-electron chi connectivity index (χ0n) is 20.8. The fourth-order valence-corrected chi connectivity index (χ4v) is 7.17. The molecule has 3 aliphatic heterocycles. The Bertz CT molecular complexity index is 1270. The Morgan fingerprint density at radius 3 is 2.41 bits per heavy atom. The molecule has 2 bridgehead atoms. The molecule has 0 spiro atoms. The number of hydrogen-bond donors (Lipinski definition) is 1. The number of Topliss-reactive ketones (excluding diaryl/α,β-unsaturated/α-hetero) is 1. The summed E-state index contributed by atoms with van der Waals surface area (Å²) in [4.78, 5) is 27.0. The number of carbonyl (C=O) groups excluding carboxylic acids is 2. The molecule has 3 heterocycles. The van der Waals surface area contributed by atoms with Crippen LogP contribution in [0.5, 0.6) is 0 Å². The number of ether oxygens (including phenoxy) is 1. The Hall–Kier alpha value is -2.48. The summed E-state index contributed by atoms with van der Waals surface area (Å²) >= 11 is 7.02. The second kappa shape index (κ2) is 11.1. The van der Waals surface area contributed by atoms with Crippen molar-refractivity contribution in [3.63, 3.8) is 0 Å². The maximum absolute atomic E-state index is 13.6. The van der Waals surface area contributed by atoms with Gasteiger partial charge < -0.3 is 14.5 Å². The molecule has 5 nitrogen and oxygen atoms in total. The number of fused-ring (bicyclic) bond motifs is 3. The van der Waals surface area contributed by atoms with Crippen LogP contribution in [0.4, 0.5) is 5.69 Å². The van der Waals surface area contributed by atoms with Gasteiger partial charge in [0.2, 0.25) is 5.78 Å². The number of quaternary nitrogens is 1. The molecule has 0 aliphatic carbocycles. The standard InChI is InChI=1S/C30H31Br2N2O3/c1-20-16-22-14-15-34(20,18-27(35)25-13-12-23(31)17-26(25)32)19-28(22)37-30(36)29(21-8-4-2-5-9-21)33-24-10-6-3-7-11-24/h2-13,17,20,22,28-29,33H,14-16,18-19H2,1H3/q+1. The molecule has 3 aromatic carbocycles. The molecule has 0 radical (unpaired) electrons. The number of rotatable bonds is 8. The van der Waals surface area contributed by atoms with Gasteiger partial charge in [-0.05, 0) is 42.8 Å². The third-order valence-corrected chi connectivity index (χ3v) is 9.15. The third kappa shape index (κ3) is 5.69. The lowest BCUT2D eigenvalue weighted by atomic mass is 9.78. The van der Waals surface area contributed by atoms with Crippen LogP contribution in [0.2, 0.25) is 0 Å². The van der Waals surface area contributed by atoms with E-state index in [1.165, 1.54) is 0 Å². The summed E-state index contributed by atoms with van der Waals surface area (Å²) in [5.74, 6) is 0.160. The number of nitrogens with zero attached hydrogens (tertiary/aromatic N) is 1. The van der Waals surface area contributed by atoms with Crippen LogP contribution < -0.4 is 5.32 Å². The van der Waals surface area contributed by atoms with E-state index in [1.807, 2.05) is 78.9 Å². The molecule has 5 atom stereocenters. The normalized spacial score (nSPS) is 25.3. The maximum Gasteiger partial charge on any atom is 0.333 e. The first kappa shape index (κ1) is 26.1. The van der Waals surface area contributed by atoms with E-state index in [-0.39, 0.29) is 17.9 Å². The van der Waals surface area contributed by atoms with Crippen LogP contribution in [-0.4, -0.2) is 48.0 Å². The number of nitrogens with one attached hydrogen (secondary N) is 1. The van der Waals surface area contributed by atoms with Crippen molar-refractivity contribution < 1.29 is 18.8 Å². The number of halogens is 2. The van der Waals surface area contributed by atoms with Gasteiger partial charge in [-0.3, -0.25) is 4.79 Å². The highest BCUT2D eigenvalue weighted by molar-refractivity contribution is 9.11. The average molecular weight is 627 g/mol. The third-order valence-electron chi connectivity index (χ3n) is 8.00. The number of anilines is 1. The molecule has 0 aromatic heterocycles. The highest BCUT2D eigenvalue weighted by atomic mass is 79.9. The van der Waals surface area contributed by atoms with Crippen LogP contribution in [0.15, 0.2) is 87.8 Å². The molecule has 0 amide bonds. The smallest absolute Gasteiger partial charge is 0.333 e. The zero-order valence-corrected chi connectivity index (χ0v) is 24.0. The minimum Gasteiger partial charge on any atom is -0.454 e. The van der Waals surface area contributed by atoms with Gasteiger partial charge in [0.05, 0.1) is 12.6 Å². The molecule has 7 heteroatoms. The van der Waals surface area contributed by atoms with Crippen molar-refractivity contribution in [1.82, 2.24) is 0 Å². The van der Waals surface area contributed by atoms with Gasteiger partial charge in [0, 0.05) is 39.0 Å².